The number of ether oxygens (including phenoxy) is 2. The Labute approximate surface area is 205 Å². The molecule has 9 atom stereocenters. The number of hydrogen-bond donors (Lipinski definition) is 2. The molecule has 0 bridgehead atoms. The van der Waals surface area contributed by atoms with Gasteiger partial charge in [0.25, 0.3) is 0 Å². The second kappa shape index (κ2) is 11.7. The Bertz CT molecular complexity index is 868. The van der Waals surface area contributed by atoms with Crippen molar-refractivity contribution in [3.05, 3.63) is 0 Å². The summed E-state index contributed by atoms with van der Waals surface area (Å²) in [5.74, 6) is -2.86. The standard InChI is InChI=1S/C25H37F2NO7/c1-7-18-24(6,32)22(30)15(3)19(28-34-11-8-10-26)14(2)13-25(9-12-33-25)21(27)16(4)20(29)17(5)23(31)35-18/h14-18,21-22,30,32H,7-8,10-11,13H2,1-6H3/b28-19+/t14-,15+,16+,17-,18-,21-,22-,24-,25-/m1/s1. The van der Waals surface area contributed by atoms with Gasteiger partial charge < -0.3 is 24.5 Å². The van der Waals surface area contributed by atoms with Crippen LogP contribution in [0, 0.1) is 35.7 Å². The highest BCUT2D eigenvalue weighted by atomic mass is 19.1. The number of cyclic esters (lactones) is 1. The number of aliphatic hydroxyl groups excluding tert-OH is 1. The maximum Gasteiger partial charge on any atom is 0.316 e. The number of hydrogen-bond acceptors (Lipinski definition) is 8. The first-order valence-electron chi connectivity index (χ1n) is 12.1. The molecule has 1 spiro atoms. The highest BCUT2D eigenvalue weighted by molar-refractivity contribution is 6.00. The molecule has 10 heteroatoms. The van der Waals surface area contributed by atoms with Crippen molar-refractivity contribution in [2.45, 2.75) is 90.4 Å². The van der Waals surface area contributed by atoms with E-state index in [0.29, 0.717) is 0 Å². The van der Waals surface area contributed by atoms with E-state index in [1.165, 1.54) is 20.8 Å². The first-order valence-corrected chi connectivity index (χ1v) is 12.1. The molecule has 198 valence electrons. The topological polar surface area (TPSA) is 115 Å². The predicted octanol–water partition coefficient (Wildman–Crippen LogP) is 2.74. The lowest BCUT2D eigenvalue weighted by Gasteiger charge is -2.42. The van der Waals surface area contributed by atoms with Crippen molar-refractivity contribution >= 4 is 17.5 Å². The minimum absolute atomic E-state index is 0.0161. The lowest BCUT2D eigenvalue weighted by Crippen LogP contribution is -2.57. The molecule has 2 N–H and O–H groups in total. The van der Waals surface area contributed by atoms with E-state index in [-0.39, 0.29) is 31.6 Å². The zero-order valence-electron chi connectivity index (χ0n) is 21.2. The lowest BCUT2D eigenvalue weighted by atomic mass is 9.73. The summed E-state index contributed by atoms with van der Waals surface area (Å²) in [4.78, 5) is 31.0. The zero-order chi connectivity index (χ0) is 26.6. The van der Waals surface area contributed by atoms with Gasteiger partial charge in [-0.05, 0) is 26.2 Å². The van der Waals surface area contributed by atoms with Crippen molar-refractivity contribution in [1.29, 1.82) is 0 Å². The van der Waals surface area contributed by atoms with Crippen LogP contribution in [0.2, 0.25) is 0 Å². The normalized spacial score (nSPS) is 41.8. The monoisotopic (exact) mass is 501 g/mol. The van der Waals surface area contributed by atoms with E-state index in [4.69, 9.17) is 14.3 Å². The maximum absolute atomic E-state index is 15.7. The SMILES string of the molecule is CC[C@H]1OC(=O)[C@H](C)C(=O)[C@H](C)[C@@H](F)[C@@]2(C#CO2)C[C@@H](C)/C(=N\OCCCF)[C@H](C)[C@@H](O)[C@]1(C)O. The van der Waals surface area contributed by atoms with E-state index in [9.17, 15) is 24.2 Å². The van der Waals surface area contributed by atoms with Crippen molar-refractivity contribution in [2.75, 3.05) is 13.3 Å². The van der Waals surface area contributed by atoms with Crippen molar-refractivity contribution in [3.8, 4) is 12.0 Å². The van der Waals surface area contributed by atoms with Crippen molar-refractivity contribution in [3.63, 3.8) is 0 Å². The maximum atomic E-state index is 15.7. The number of nitrogens with zero attached hydrogens (tertiary/aromatic N) is 1. The summed E-state index contributed by atoms with van der Waals surface area (Å²) in [5, 5.41) is 26.5. The summed E-state index contributed by atoms with van der Waals surface area (Å²) in [6, 6.07) is 0. The minimum Gasteiger partial charge on any atom is -0.459 e. The predicted molar refractivity (Wildman–Crippen MR) is 124 cm³/mol. The van der Waals surface area contributed by atoms with Crippen LogP contribution in [-0.2, 0) is 23.9 Å². The first kappa shape index (κ1) is 29.0. The van der Waals surface area contributed by atoms with Gasteiger partial charge in [-0.3, -0.25) is 14.0 Å². The van der Waals surface area contributed by atoms with Gasteiger partial charge in [0, 0.05) is 24.7 Å². The number of aliphatic hydroxyl groups is 2. The summed E-state index contributed by atoms with van der Waals surface area (Å²) >= 11 is 0. The second-order valence-electron chi connectivity index (χ2n) is 9.82. The number of ketones is 1. The summed E-state index contributed by atoms with van der Waals surface area (Å²) < 4.78 is 39.0. The Morgan fingerprint density at radius 3 is 2.37 bits per heavy atom. The molecule has 1 saturated heterocycles. The molecular weight excluding hydrogens is 464 g/mol. The molecule has 0 unspecified atom stereocenters. The van der Waals surface area contributed by atoms with Gasteiger partial charge in [-0.1, -0.05) is 32.9 Å². The molecule has 2 heterocycles. The third-order valence-electron chi connectivity index (χ3n) is 7.08. The summed E-state index contributed by atoms with van der Waals surface area (Å²) in [6.45, 7) is 8.39. The Morgan fingerprint density at radius 2 is 1.86 bits per heavy atom. The molecule has 0 aliphatic carbocycles. The molecule has 2 aliphatic rings. The van der Waals surface area contributed by atoms with Crippen molar-refractivity contribution in [2.24, 2.45) is 28.8 Å². The van der Waals surface area contributed by atoms with E-state index in [0.717, 1.165) is 0 Å². The van der Waals surface area contributed by atoms with Gasteiger partial charge in [0.05, 0.1) is 24.4 Å². The molecule has 35 heavy (non-hydrogen) atoms. The molecule has 0 saturated carbocycles. The van der Waals surface area contributed by atoms with Crippen LogP contribution >= 0.6 is 0 Å². The molecular formula is C25H37F2NO7. The first-order chi connectivity index (χ1) is 16.3. The third-order valence-corrected chi connectivity index (χ3v) is 7.08. The molecule has 0 radical (unpaired) electrons. The van der Waals surface area contributed by atoms with Gasteiger partial charge in [-0.15, -0.1) is 0 Å². The third kappa shape index (κ3) is 5.95. The van der Waals surface area contributed by atoms with Crippen LogP contribution in [-0.4, -0.2) is 70.5 Å². The Morgan fingerprint density at radius 1 is 1.23 bits per heavy atom. The number of carbonyl (C=O) groups is 2. The molecule has 0 amide bonds. The molecule has 0 aromatic heterocycles. The number of carbonyl (C=O) groups excluding carboxylic acids is 2. The lowest BCUT2D eigenvalue weighted by molar-refractivity contribution is -0.186. The van der Waals surface area contributed by atoms with E-state index >= 15 is 4.39 Å². The van der Waals surface area contributed by atoms with Crippen LogP contribution in [0.5, 0.6) is 0 Å². The van der Waals surface area contributed by atoms with E-state index in [1.54, 1.807) is 20.8 Å². The Kier molecular flexibility index (Phi) is 9.65. The smallest absolute Gasteiger partial charge is 0.316 e. The van der Waals surface area contributed by atoms with Crippen LogP contribution in [0.4, 0.5) is 8.78 Å². The quantitative estimate of drug-likeness (QED) is 0.196. The van der Waals surface area contributed by atoms with Crippen LogP contribution in [0.15, 0.2) is 5.16 Å². The van der Waals surface area contributed by atoms with Gasteiger partial charge in [0.1, 0.15) is 30.3 Å². The number of alkyl halides is 2. The summed E-state index contributed by atoms with van der Waals surface area (Å²) in [5.41, 5.74) is -3.28. The Balaban J connectivity index is 2.56. The van der Waals surface area contributed by atoms with Crippen LogP contribution in [0.3, 0.4) is 0 Å². The van der Waals surface area contributed by atoms with Gasteiger partial charge in [0.15, 0.2) is 12.0 Å². The molecule has 8 nitrogen and oxygen atoms in total. The van der Waals surface area contributed by atoms with E-state index < -0.39 is 71.7 Å². The average molecular weight is 502 g/mol. The highest BCUT2D eigenvalue weighted by Crippen LogP contribution is 2.38. The highest BCUT2D eigenvalue weighted by Gasteiger charge is 2.53. The fraction of sp³-hybridized carbons (Fsp3) is 0.800. The van der Waals surface area contributed by atoms with Crippen LogP contribution < -0.4 is 0 Å². The molecule has 2 aliphatic heterocycles. The van der Waals surface area contributed by atoms with Gasteiger partial charge in [-0.25, -0.2) is 4.39 Å². The number of esters is 1. The van der Waals surface area contributed by atoms with E-state index in [1.807, 2.05) is 0 Å². The van der Waals surface area contributed by atoms with Gasteiger partial charge >= 0.3 is 5.97 Å². The van der Waals surface area contributed by atoms with E-state index in [2.05, 4.69) is 17.2 Å². The number of oxime groups is 1. The largest absolute Gasteiger partial charge is 0.459 e. The summed E-state index contributed by atoms with van der Waals surface area (Å²) in [7, 11) is 0. The summed E-state index contributed by atoms with van der Waals surface area (Å²) in [6.07, 6.45) is -1.92. The fourth-order valence-electron chi connectivity index (χ4n) is 4.71. The van der Waals surface area contributed by atoms with Gasteiger partial charge in [-0.2, -0.15) is 0 Å². The second-order valence-corrected chi connectivity index (χ2v) is 9.82. The fourth-order valence-corrected chi connectivity index (χ4v) is 4.71. The average Bonchev–Trinajstić information content (AvgIpc) is 2.80. The molecule has 1 fully saturated rings. The Hall–Kier alpha value is -2.25. The van der Waals surface area contributed by atoms with Crippen molar-refractivity contribution in [1.82, 2.24) is 0 Å². The number of Topliss-reactive ketones (excluding diaryl/α,β-unsaturated/α-hetero) is 1. The van der Waals surface area contributed by atoms with Gasteiger partial charge in [0.2, 0.25) is 5.60 Å². The molecule has 0 aromatic carbocycles. The number of halogens is 2. The van der Waals surface area contributed by atoms with Crippen molar-refractivity contribution < 1.29 is 42.9 Å². The molecule has 2 rings (SSSR count). The van der Waals surface area contributed by atoms with Crippen LogP contribution in [0.1, 0.15) is 60.8 Å². The molecule has 0 aromatic rings. The zero-order valence-corrected chi connectivity index (χ0v) is 21.2. The minimum atomic E-state index is -1.92. The number of rotatable bonds is 5. The van der Waals surface area contributed by atoms with Crippen LogP contribution in [0.25, 0.3) is 0 Å².